The number of sulfone groups is 1. The van der Waals surface area contributed by atoms with E-state index < -0.39 is 9.84 Å². The second kappa shape index (κ2) is 8.00. The van der Waals surface area contributed by atoms with Crippen LogP contribution in [0.15, 0.2) is 70.6 Å². The summed E-state index contributed by atoms with van der Waals surface area (Å²) in [5, 5.41) is 0.864. The highest BCUT2D eigenvalue weighted by Crippen LogP contribution is 2.30. The molecule has 2 aromatic carbocycles. The maximum atomic E-state index is 13.0. The minimum Gasteiger partial charge on any atom is -0.367 e. The van der Waals surface area contributed by atoms with Crippen LogP contribution in [-0.4, -0.2) is 50.5 Å². The summed E-state index contributed by atoms with van der Waals surface area (Å²) in [6.45, 7) is 4.14. The third-order valence-electron chi connectivity index (χ3n) is 6.52. The number of rotatable bonds is 4. The Morgan fingerprint density at radius 3 is 2.30 bits per heavy atom. The van der Waals surface area contributed by atoms with Crippen LogP contribution in [0.3, 0.4) is 0 Å². The van der Waals surface area contributed by atoms with Gasteiger partial charge in [0, 0.05) is 43.8 Å². The largest absolute Gasteiger partial charge is 0.367 e. The second-order valence-corrected chi connectivity index (χ2v) is 10.2. The molecule has 1 aromatic heterocycles. The molecule has 1 aliphatic heterocycles. The lowest BCUT2D eigenvalue weighted by atomic mass is 10.1. The summed E-state index contributed by atoms with van der Waals surface area (Å²) < 4.78 is 25.9. The van der Waals surface area contributed by atoms with Gasteiger partial charge in [0.25, 0.3) is 0 Å². The fraction of sp³-hybridized carbons (Fsp3) is 0.375. The van der Waals surface area contributed by atoms with Gasteiger partial charge in [-0.15, -0.1) is 0 Å². The predicted octanol–water partition coefficient (Wildman–Crippen LogP) is 4.13. The third kappa shape index (κ3) is 3.59. The first-order valence-electron chi connectivity index (χ1n) is 10.8. The van der Waals surface area contributed by atoms with Crippen molar-refractivity contribution in [1.82, 2.24) is 9.88 Å². The lowest BCUT2D eigenvalue weighted by molar-refractivity contribution is 0.187. The van der Waals surface area contributed by atoms with Gasteiger partial charge < -0.3 is 4.90 Å². The standard InChI is InChI=1S/C24H27N3O2S/c28-30(29,21-10-2-1-3-11-21)22-17-19-7-6-12-23(24(19)25-18-22)27-15-13-26(14-16-27)20-8-4-5-9-20/h1-3,6-7,10-12,17-18,20H,4-5,8-9,13-16H2. The van der Waals surface area contributed by atoms with Gasteiger partial charge in [0.1, 0.15) is 0 Å². The molecule has 0 N–H and O–H groups in total. The van der Waals surface area contributed by atoms with Crippen LogP contribution >= 0.6 is 0 Å². The van der Waals surface area contributed by atoms with Gasteiger partial charge in [-0.25, -0.2) is 8.42 Å². The number of hydrogen-bond donors (Lipinski definition) is 0. The zero-order valence-electron chi connectivity index (χ0n) is 17.1. The molecule has 2 heterocycles. The summed E-state index contributed by atoms with van der Waals surface area (Å²) in [5.74, 6) is 0. The van der Waals surface area contributed by atoms with Crippen molar-refractivity contribution in [2.24, 2.45) is 0 Å². The molecule has 0 spiro atoms. The summed E-state index contributed by atoms with van der Waals surface area (Å²) >= 11 is 0. The summed E-state index contributed by atoms with van der Waals surface area (Å²) in [6, 6.07) is 17.1. The third-order valence-corrected chi connectivity index (χ3v) is 8.26. The summed E-state index contributed by atoms with van der Waals surface area (Å²) in [4.78, 5) is 10.2. The van der Waals surface area contributed by atoms with E-state index in [-0.39, 0.29) is 4.90 Å². The molecule has 3 aromatic rings. The minimum atomic E-state index is -3.57. The number of benzene rings is 2. The van der Waals surface area contributed by atoms with Crippen LogP contribution in [0.4, 0.5) is 5.69 Å². The van der Waals surface area contributed by atoms with Crippen LogP contribution in [0.2, 0.25) is 0 Å². The van der Waals surface area contributed by atoms with Crippen molar-refractivity contribution in [2.45, 2.75) is 41.5 Å². The fourth-order valence-corrected chi connectivity index (χ4v) is 6.12. The average molecular weight is 422 g/mol. The van der Waals surface area contributed by atoms with Crippen LogP contribution in [0.25, 0.3) is 10.9 Å². The Morgan fingerprint density at radius 1 is 0.833 bits per heavy atom. The van der Waals surface area contributed by atoms with Gasteiger partial charge >= 0.3 is 0 Å². The monoisotopic (exact) mass is 421 g/mol. The first-order chi connectivity index (χ1) is 14.6. The Labute approximate surface area is 178 Å². The minimum absolute atomic E-state index is 0.240. The highest BCUT2D eigenvalue weighted by atomic mass is 32.2. The summed E-state index contributed by atoms with van der Waals surface area (Å²) in [7, 11) is -3.57. The zero-order valence-corrected chi connectivity index (χ0v) is 17.9. The molecule has 6 heteroatoms. The Balaban J connectivity index is 1.41. The van der Waals surface area contributed by atoms with Gasteiger partial charge in [0.05, 0.1) is 21.0 Å². The molecule has 5 rings (SSSR count). The molecule has 156 valence electrons. The van der Waals surface area contributed by atoms with E-state index in [1.807, 2.05) is 18.2 Å². The van der Waals surface area contributed by atoms with Crippen LogP contribution in [0.1, 0.15) is 25.7 Å². The van der Waals surface area contributed by atoms with E-state index in [1.54, 1.807) is 30.3 Å². The average Bonchev–Trinajstić information content (AvgIpc) is 3.34. The van der Waals surface area contributed by atoms with E-state index in [0.29, 0.717) is 4.90 Å². The molecule has 30 heavy (non-hydrogen) atoms. The van der Waals surface area contributed by atoms with Gasteiger partial charge in [-0.2, -0.15) is 0 Å². The number of pyridine rings is 1. The first-order valence-corrected chi connectivity index (χ1v) is 12.3. The molecule has 1 saturated heterocycles. The number of para-hydroxylation sites is 1. The molecule has 1 saturated carbocycles. The molecule has 0 atom stereocenters. The zero-order chi connectivity index (χ0) is 20.6. The van der Waals surface area contributed by atoms with E-state index in [1.165, 1.54) is 31.9 Å². The van der Waals surface area contributed by atoms with Crippen molar-refractivity contribution in [3.05, 3.63) is 60.8 Å². The predicted molar refractivity (Wildman–Crippen MR) is 120 cm³/mol. The SMILES string of the molecule is O=S(=O)(c1ccccc1)c1cnc2c(N3CCN(C4CCCC4)CC3)cccc2c1. The van der Waals surface area contributed by atoms with Crippen molar-refractivity contribution in [3.63, 3.8) is 0 Å². The summed E-state index contributed by atoms with van der Waals surface area (Å²) in [5.41, 5.74) is 1.97. The smallest absolute Gasteiger partial charge is 0.208 e. The van der Waals surface area contributed by atoms with Crippen LogP contribution < -0.4 is 4.90 Å². The molecule has 2 fully saturated rings. The van der Waals surface area contributed by atoms with Gasteiger partial charge in [-0.05, 0) is 37.1 Å². The Bertz CT molecular complexity index is 1130. The molecule has 0 unspecified atom stereocenters. The maximum absolute atomic E-state index is 13.0. The van der Waals surface area contributed by atoms with Crippen molar-refractivity contribution < 1.29 is 8.42 Å². The van der Waals surface area contributed by atoms with E-state index in [4.69, 9.17) is 0 Å². The molecule has 0 amide bonds. The van der Waals surface area contributed by atoms with Gasteiger partial charge in [0.15, 0.2) is 0 Å². The Kier molecular flexibility index (Phi) is 5.21. The van der Waals surface area contributed by atoms with Gasteiger partial charge in [-0.3, -0.25) is 9.88 Å². The lowest BCUT2D eigenvalue weighted by Gasteiger charge is -2.39. The number of piperazine rings is 1. The highest BCUT2D eigenvalue weighted by molar-refractivity contribution is 7.91. The fourth-order valence-electron chi connectivity index (χ4n) is 4.86. The van der Waals surface area contributed by atoms with Crippen LogP contribution in [0, 0.1) is 0 Å². The number of aromatic nitrogens is 1. The number of fused-ring (bicyclic) bond motifs is 1. The number of anilines is 1. The Hall–Kier alpha value is -2.44. The molecular formula is C24H27N3O2S. The van der Waals surface area contributed by atoms with Gasteiger partial charge in [-0.1, -0.05) is 43.2 Å². The lowest BCUT2D eigenvalue weighted by Crippen LogP contribution is -2.49. The first kappa shape index (κ1) is 19.5. The normalized spacial score (nSPS) is 18.9. The maximum Gasteiger partial charge on any atom is 0.208 e. The molecule has 0 bridgehead atoms. The van der Waals surface area contributed by atoms with E-state index >= 15 is 0 Å². The quantitative estimate of drug-likeness (QED) is 0.634. The van der Waals surface area contributed by atoms with E-state index in [2.05, 4.69) is 20.9 Å². The van der Waals surface area contributed by atoms with E-state index in [0.717, 1.165) is 48.8 Å². The van der Waals surface area contributed by atoms with Crippen LogP contribution in [0.5, 0.6) is 0 Å². The highest BCUT2D eigenvalue weighted by Gasteiger charge is 2.27. The van der Waals surface area contributed by atoms with Crippen molar-refractivity contribution in [3.8, 4) is 0 Å². The molecule has 0 radical (unpaired) electrons. The topological polar surface area (TPSA) is 53.5 Å². The molecule has 5 nitrogen and oxygen atoms in total. The number of hydrogen-bond acceptors (Lipinski definition) is 5. The molecule has 1 aliphatic carbocycles. The summed E-state index contributed by atoms with van der Waals surface area (Å²) in [6.07, 6.45) is 6.92. The van der Waals surface area contributed by atoms with Gasteiger partial charge in [0.2, 0.25) is 9.84 Å². The number of nitrogens with zero attached hydrogens (tertiary/aromatic N) is 3. The molecular weight excluding hydrogens is 394 g/mol. The van der Waals surface area contributed by atoms with E-state index in [9.17, 15) is 8.42 Å². The Morgan fingerprint density at radius 2 is 1.57 bits per heavy atom. The van der Waals surface area contributed by atoms with Crippen molar-refractivity contribution >= 4 is 26.4 Å². The van der Waals surface area contributed by atoms with Crippen LogP contribution in [-0.2, 0) is 9.84 Å². The molecule has 2 aliphatic rings. The van der Waals surface area contributed by atoms with Crippen molar-refractivity contribution in [1.29, 1.82) is 0 Å². The van der Waals surface area contributed by atoms with Crippen molar-refractivity contribution in [2.75, 3.05) is 31.1 Å². The second-order valence-electron chi connectivity index (χ2n) is 8.30.